The Balaban J connectivity index is 1.62. The molecule has 0 aromatic heterocycles. The second-order valence-corrected chi connectivity index (χ2v) is 6.06. The summed E-state index contributed by atoms with van der Waals surface area (Å²) in [6.07, 6.45) is 2.12. The van der Waals surface area contributed by atoms with Gasteiger partial charge in [-0.2, -0.15) is 5.26 Å². The Labute approximate surface area is 129 Å². The van der Waals surface area contributed by atoms with Gasteiger partial charge in [-0.3, -0.25) is 4.90 Å². The number of piperidine rings is 1. The maximum atomic E-state index is 9.02. The molecule has 0 radical (unpaired) electrons. The van der Waals surface area contributed by atoms with Crippen LogP contribution in [0.15, 0.2) is 12.1 Å². The van der Waals surface area contributed by atoms with Crippen LogP contribution in [0, 0.1) is 11.3 Å². The third-order valence-electron chi connectivity index (χ3n) is 4.26. The van der Waals surface area contributed by atoms with Gasteiger partial charge in [0.1, 0.15) is 0 Å². The first-order valence-electron chi connectivity index (χ1n) is 7.25. The number of nitrogens with one attached hydrogen (secondary N) is 1. The van der Waals surface area contributed by atoms with Gasteiger partial charge in [0, 0.05) is 19.1 Å². The van der Waals surface area contributed by atoms with E-state index >= 15 is 0 Å². The van der Waals surface area contributed by atoms with Crippen LogP contribution < -0.4 is 11.1 Å². The number of nitrogen functional groups attached to an aromatic ring is 1. The Morgan fingerprint density at radius 3 is 2.62 bits per heavy atom. The zero-order valence-corrected chi connectivity index (χ0v) is 12.6. The quantitative estimate of drug-likeness (QED) is 0.836. The fourth-order valence-corrected chi connectivity index (χ4v) is 3.04. The van der Waals surface area contributed by atoms with E-state index in [1.165, 1.54) is 0 Å². The molecule has 2 aliphatic rings. The van der Waals surface area contributed by atoms with Gasteiger partial charge in [-0.1, -0.05) is 11.6 Å². The number of ether oxygens (including phenoxy) is 1. The number of nitrogens with two attached hydrogens (primary N) is 1. The van der Waals surface area contributed by atoms with Gasteiger partial charge >= 0.3 is 0 Å². The molecule has 2 aliphatic heterocycles. The van der Waals surface area contributed by atoms with Crippen LogP contribution >= 0.6 is 11.6 Å². The molecular formula is C15H19ClN4O. The summed E-state index contributed by atoms with van der Waals surface area (Å²) in [4.78, 5) is 2.49. The minimum atomic E-state index is 0.369. The predicted octanol–water partition coefficient (Wildman–Crippen LogP) is 2.07. The number of rotatable bonds is 3. The van der Waals surface area contributed by atoms with Crippen molar-refractivity contribution < 1.29 is 4.74 Å². The zero-order valence-electron chi connectivity index (χ0n) is 11.8. The Hall–Kier alpha value is -1.48. The van der Waals surface area contributed by atoms with E-state index in [4.69, 9.17) is 27.3 Å². The lowest BCUT2D eigenvalue weighted by molar-refractivity contribution is -0.0705. The van der Waals surface area contributed by atoms with Crippen molar-refractivity contribution in [3.8, 4) is 6.07 Å². The minimum absolute atomic E-state index is 0.369. The second kappa shape index (κ2) is 6.10. The third kappa shape index (κ3) is 3.08. The predicted molar refractivity (Wildman–Crippen MR) is 83.4 cm³/mol. The maximum Gasteiger partial charge on any atom is 0.0993 e. The first-order chi connectivity index (χ1) is 10.2. The molecule has 0 saturated carbocycles. The molecule has 2 fully saturated rings. The lowest BCUT2D eigenvalue weighted by atomic mass is 10.0. The van der Waals surface area contributed by atoms with E-state index in [0.717, 1.165) is 44.8 Å². The van der Waals surface area contributed by atoms with Crippen molar-refractivity contribution in [3.05, 3.63) is 22.7 Å². The second-order valence-electron chi connectivity index (χ2n) is 5.68. The third-order valence-corrected chi connectivity index (χ3v) is 4.68. The molecule has 0 atom stereocenters. The average molecular weight is 307 g/mol. The van der Waals surface area contributed by atoms with Crippen LogP contribution in [0.25, 0.3) is 0 Å². The smallest absolute Gasteiger partial charge is 0.0993 e. The van der Waals surface area contributed by atoms with Crippen molar-refractivity contribution in [2.24, 2.45) is 0 Å². The molecule has 6 heteroatoms. The summed E-state index contributed by atoms with van der Waals surface area (Å²) in [6, 6.07) is 6.45. The van der Waals surface area contributed by atoms with Crippen molar-refractivity contribution in [2.75, 3.05) is 37.4 Å². The summed E-state index contributed by atoms with van der Waals surface area (Å²) in [5, 5.41) is 13.0. The fraction of sp³-hybridized carbons (Fsp3) is 0.533. The molecule has 0 unspecified atom stereocenters. The van der Waals surface area contributed by atoms with Crippen LogP contribution in [0.5, 0.6) is 0 Å². The van der Waals surface area contributed by atoms with Crippen molar-refractivity contribution in [3.63, 3.8) is 0 Å². The minimum Gasteiger partial charge on any atom is -0.397 e. The molecule has 21 heavy (non-hydrogen) atoms. The molecule has 112 valence electrons. The molecule has 3 rings (SSSR count). The van der Waals surface area contributed by atoms with Crippen LogP contribution in [-0.2, 0) is 4.74 Å². The number of nitriles is 1. The van der Waals surface area contributed by atoms with Crippen molar-refractivity contribution >= 4 is 23.0 Å². The highest BCUT2D eigenvalue weighted by Gasteiger charge is 2.29. The highest BCUT2D eigenvalue weighted by atomic mass is 35.5. The fourth-order valence-electron chi connectivity index (χ4n) is 2.88. The molecule has 0 bridgehead atoms. The summed E-state index contributed by atoms with van der Waals surface area (Å²) in [5.74, 6) is 0. The zero-order chi connectivity index (χ0) is 14.8. The Kier molecular flexibility index (Phi) is 4.20. The molecule has 0 aliphatic carbocycles. The van der Waals surface area contributed by atoms with Gasteiger partial charge < -0.3 is 15.8 Å². The molecule has 5 nitrogen and oxygen atoms in total. The topological polar surface area (TPSA) is 74.3 Å². The maximum absolute atomic E-state index is 9.02. The van der Waals surface area contributed by atoms with Crippen LogP contribution in [-0.4, -0.2) is 43.3 Å². The van der Waals surface area contributed by atoms with Gasteiger partial charge in [0.15, 0.2) is 0 Å². The lowest BCUT2D eigenvalue weighted by Gasteiger charge is -2.41. The average Bonchev–Trinajstić information content (AvgIpc) is 2.43. The van der Waals surface area contributed by atoms with Gasteiger partial charge in [-0.05, 0) is 25.0 Å². The number of anilines is 2. The van der Waals surface area contributed by atoms with E-state index in [1.807, 2.05) is 0 Å². The summed E-state index contributed by atoms with van der Waals surface area (Å²) < 4.78 is 5.25. The largest absolute Gasteiger partial charge is 0.397 e. The Morgan fingerprint density at radius 1 is 1.33 bits per heavy atom. The molecule has 0 spiro atoms. The Morgan fingerprint density at radius 2 is 2.05 bits per heavy atom. The normalized spacial score (nSPS) is 20.8. The van der Waals surface area contributed by atoms with Gasteiger partial charge in [0.25, 0.3) is 0 Å². The van der Waals surface area contributed by atoms with E-state index in [-0.39, 0.29) is 0 Å². The summed E-state index contributed by atoms with van der Waals surface area (Å²) in [5.41, 5.74) is 7.58. The molecule has 2 heterocycles. The van der Waals surface area contributed by atoms with Gasteiger partial charge in [0.2, 0.25) is 0 Å². The number of hydrogen-bond donors (Lipinski definition) is 2. The summed E-state index contributed by atoms with van der Waals surface area (Å²) >= 11 is 6.23. The Bertz CT molecular complexity index is 560. The molecular weight excluding hydrogens is 288 g/mol. The number of hydrogen-bond acceptors (Lipinski definition) is 5. The monoisotopic (exact) mass is 306 g/mol. The SMILES string of the molecule is N#Cc1cc(N)c(Cl)c(NC2CCN(C3COC3)CC2)c1. The standard InChI is InChI=1S/C15H19ClN4O/c16-15-13(18)5-10(7-17)6-14(15)19-11-1-3-20(4-2-11)12-8-21-9-12/h5-6,11-12,19H,1-4,8-9,18H2. The van der Waals surface area contributed by atoms with E-state index in [9.17, 15) is 0 Å². The van der Waals surface area contributed by atoms with Gasteiger partial charge in [-0.15, -0.1) is 0 Å². The summed E-state index contributed by atoms with van der Waals surface area (Å²) in [6.45, 7) is 3.86. The summed E-state index contributed by atoms with van der Waals surface area (Å²) in [7, 11) is 0. The first kappa shape index (κ1) is 14.5. The molecule has 1 aromatic rings. The van der Waals surface area contributed by atoms with Crippen LogP contribution in [0.4, 0.5) is 11.4 Å². The van der Waals surface area contributed by atoms with Gasteiger partial charge in [0.05, 0.1) is 47.3 Å². The van der Waals surface area contributed by atoms with Crippen LogP contribution in [0.1, 0.15) is 18.4 Å². The number of likely N-dealkylation sites (tertiary alicyclic amines) is 1. The number of nitrogens with zero attached hydrogens (tertiary/aromatic N) is 2. The number of benzene rings is 1. The van der Waals surface area contributed by atoms with Crippen molar-refractivity contribution in [1.29, 1.82) is 5.26 Å². The van der Waals surface area contributed by atoms with E-state index < -0.39 is 0 Å². The molecule has 2 saturated heterocycles. The van der Waals surface area contributed by atoms with E-state index in [1.54, 1.807) is 12.1 Å². The van der Waals surface area contributed by atoms with Crippen LogP contribution in [0.3, 0.4) is 0 Å². The highest BCUT2D eigenvalue weighted by molar-refractivity contribution is 6.35. The molecule has 3 N–H and O–H groups in total. The lowest BCUT2D eigenvalue weighted by Crippen LogP contribution is -2.53. The highest BCUT2D eigenvalue weighted by Crippen LogP contribution is 2.31. The van der Waals surface area contributed by atoms with Gasteiger partial charge in [-0.25, -0.2) is 0 Å². The number of halogens is 1. The van der Waals surface area contributed by atoms with Crippen LogP contribution in [0.2, 0.25) is 5.02 Å². The molecule has 1 aromatic carbocycles. The first-order valence-corrected chi connectivity index (χ1v) is 7.62. The molecule has 0 amide bonds. The van der Waals surface area contributed by atoms with Crippen molar-refractivity contribution in [1.82, 2.24) is 4.90 Å². The van der Waals surface area contributed by atoms with Crippen molar-refractivity contribution in [2.45, 2.75) is 24.9 Å². The van der Waals surface area contributed by atoms with E-state index in [2.05, 4.69) is 16.3 Å². The van der Waals surface area contributed by atoms with E-state index in [0.29, 0.717) is 28.4 Å².